The highest BCUT2D eigenvalue weighted by atomic mass is 16.5. The fourth-order valence-electron chi connectivity index (χ4n) is 3.37. The van der Waals surface area contributed by atoms with Crippen molar-refractivity contribution in [1.29, 1.82) is 0 Å². The van der Waals surface area contributed by atoms with Crippen LogP contribution in [-0.4, -0.2) is 25.7 Å². The molecule has 2 aromatic rings. The maximum absolute atomic E-state index is 5.59. The van der Waals surface area contributed by atoms with E-state index in [-0.39, 0.29) is 0 Å². The van der Waals surface area contributed by atoms with Crippen LogP contribution in [0.25, 0.3) is 0 Å². The van der Waals surface area contributed by atoms with Crippen LogP contribution in [0.15, 0.2) is 48.5 Å². The number of nitrogens with zero attached hydrogens (tertiary/aromatic N) is 1. The van der Waals surface area contributed by atoms with Gasteiger partial charge >= 0.3 is 0 Å². The molecule has 0 radical (unpaired) electrons. The highest BCUT2D eigenvalue weighted by Crippen LogP contribution is 2.42. The Hall–Kier alpha value is -2.00. The zero-order valence-electron chi connectivity index (χ0n) is 13.3. The van der Waals surface area contributed by atoms with Crippen LogP contribution in [0.3, 0.4) is 0 Å². The van der Waals surface area contributed by atoms with Gasteiger partial charge in [-0.25, -0.2) is 0 Å². The normalized spacial score (nSPS) is 18.4. The number of hydrogen-bond acceptors (Lipinski definition) is 3. The molecule has 1 heterocycles. The van der Waals surface area contributed by atoms with Crippen molar-refractivity contribution < 1.29 is 9.47 Å². The first kappa shape index (κ1) is 14.9. The van der Waals surface area contributed by atoms with Crippen LogP contribution in [0.1, 0.15) is 30.0 Å². The molecule has 0 N–H and O–H groups in total. The Balaban J connectivity index is 1.90. The molecule has 0 aromatic heterocycles. The lowest BCUT2D eigenvalue weighted by atomic mass is 10.0. The molecular weight excluding hydrogens is 274 g/mol. The minimum atomic E-state index is 0.353. The predicted octanol–water partition coefficient (Wildman–Crippen LogP) is 4.04. The van der Waals surface area contributed by atoms with Gasteiger partial charge in [-0.1, -0.05) is 36.4 Å². The lowest BCUT2D eigenvalue weighted by molar-refractivity contribution is 0.237. The zero-order chi connectivity index (χ0) is 15.4. The largest absolute Gasteiger partial charge is 0.496 e. The van der Waals surface area contributed by atoms with E-state index < -0.39 is 0 Å². The highest BCUT2D eigenvalue weighted by Gasteiger charge is 2.30. The summed E-state index contributed by atoms with van der Waals surface area (Å²) in [4.78, 5) is 2.52. The average Bonchev–Trinajstić information content (AvgIpc) is 3.02. The van der Waals surface area contributed by atoms with E-state index in [1.807, 2.05) is 18.2 Å². The Labute approximate surface area is 132 Å². The van der Waals surface area contributed by atoms with Gasteiger partial charge in [0.25, 0.3) is 0 Å². The molecule has 0 aliphatic carbocycles. The van der Waals surface area contributed by atoms with Crippen LogP contribution in [0.5, 0.6) is 11.5 Å². The maximum atomic E-state index is 5.59. The molecule has 1 saturated heterocycles. The van der Waals surface area contributed by atoms with E-state index in [0.717, 1.165) is 31.0 Å². The van der Waals surface area contributed by atoms with Gasteiger partial charge in [0.2, 0.25) is 0 Å². The zero-order valence-corrected chi connectivity index (χ0v) is 13.3. The summed E-state index contributed by atoms with van der Waals surface area (Å²) in [7, 11) is 3.46. The molecule has 3 rings (SSSR count). The third kappa shape index (κ3) is 2.95. The fraction of sp³-hybridized carbons (Fsp3) is 0.368. The van der Waals surface area contributed by atoms with Crippen molar-refractivity contribution in [1.82, 2.24) is 4.90 Å². The standard InChI is InChI=1S/C19H23NO2/c1-21-17-11-6-12-18(22-2)19(17)16-10-7-13-20(16)14-15-8-4-3-5-9-15/h3-6,8-9,11-12,16H,7,10,13-14H2,1-2H3/t16-/m0/s1. The van der Waals surface area contributed by atoms with Crippen molar-refractivity contribution in [3.8, 4) is 11.5 Å². The molecule has 3 nitrogen and oxygen atoms in total. The quantitative estimate of drug-likeness (QED) is 0.831. The Bertz CT molecular complexity index is 590. The highest BCUT2D eigenvalue weighted by molar-refractivity contribution is 5.47. The number of hydrogen-bond donors (Lipinski definition) is 0. The number of ether oxygens (including phenoxy) is 2. The summed E-state index contributed by atoms with van der Waals surface area (Å²) in [6.45, 7) is 2.08. The third-order valence-corrected chi connectivity index (χ3v) is 4.39. The van der Waals surface area contributed by atoms with Crippen molar-refractivity contribution >= 4 is 0 Å². The van der Waals surface area contributed by atoms with Gasteiger partial charge in [-0.15, -0.1) is 0 Å². The molecule has 0 amide bonds. The number of benzene rings is 2. The van der Waals surface area contributed by atoms with Crippen molar-refractivity contribution in [2.24, 2.45) is 0 Å². The lowest BCUT2D eigenvalue weighted by Crippen LogP contribution is -2.23. The number of methoxy groups -OCH3 is 2. The fourth-order valence-corrected chi connectivity index (χ4v) is 3.37. The monoisotopic (exact) mass is 297 g/mol. The van der Waals surface area contributed by atoms with Crippen LogP contribution in [0, 0.1) is 0 Å². The first-order valence-electron chi connectivity index (χ1n) is 7.82. The van der Waals surface area contributed by atoms with Crippen molar-refractivity contribution in [2.75, 3.05) is 20.8 Å². The first-order valence-corrected chi connectivity index (χ1v) is 7.82. The topological polar surface area (TPSA) is 21.7 Å². The van der Waals surface area contributed by atoms with E-state index in [9.17, 15) is 0 Å². The summed E-state index contributed by atoms with van der Waals surface area (Å²) >= 11 is 0. The maximum Gasteiger partial charge on any atom is 0.127 e. The second kappa shape index (κ2) is 6.84. The molecule has 116 valence electrons. The molecule has 1 aliphatic rings. The Morgan fingerprint density at radius 3 is 2.27 bits per heavy atom. The summed E-state index contributed by atoms with van der Waals surface area (Å²) in [5, 5.41) is 0. The molecule has 22 heavy (non-hydrogen) atoms. The molecule has 0 saturated carbocycles. The van der Waals surface area contributed by atoms with E-state index in [2.05, 4.69) is 35.2 Å². The van der Waals surface area contributed by atoms with Crippen LogP contribution in [-0.2, 0) is 6.54 Å². The van der Waals surface area contributed by atoms with Gasteiger partial charge in [-0.2, -0.15) is 0 Å². The Morgan fingerprint density at radius 2 is 1.64 bits per heavy atom. The van der Waals surface area contributed by atoms with Gasteiger partial charge < -0.3 is 9.47 Å². The minimum Gasteiger partial charge on any atom is -0.496 e. The lowest BCUT2D eigenvalue weighted by Gasteiger charge is -2.27. The number of rotatable bonds is 5. The molecule has 2 aromatic carbocycles. The van der Waals surface area contributed by atoms with Crippen molar-refractivity contribution in [3.63, 3.8) is 0 Å². The van der Waals surface area contributed by atoms with Crippen LogP contribution in [0.4, 0.5) is 0 Å². The second-order valence-electron chi connectivity index (χ2n) is 5.69. The average molecular weight is 297 g/mol. The van der Waals surface area contributed by atoms with E-state index in [1.165, 1.54) is 17.5 Å². The third-order valence-electron chi connectivity index (χ3n) is 4.39. The Kier molecular flexibility index (Phi) is 4.64. The molecule has 1 atom stereocenters. The molecule has 0 bridgehead atoms. The minimum absolute atomic E-state index is 0.353. The van der Waals surface area contributed by atoms with Crippen LogP contribution in [0.2, 0.25) is 0 Å². The van der Waals surface area contributed by atoms with Crippen LogP contribution >= 0.6 is 0 Å². The molecule has 0 spiro atoms. The first-order chi connectivity index (χ1) is 10.8. The van der Waals surface area contributed by atoms with Gasteiger partial charge in [0.1, 0.15) is 11.5 Å². The van der Waals surface area contributed by atoms with E-state index in [0.29, 0.717) is 6.04 Å². The van der Waals surface area contributed by atoms with Gasteiger partial charge in [0.05, 0.1) is 19.8 Å². The summed E-state index contributed by atoms with van der Waals surface area (Å²) in [6.07, 6.45) is 2.35. The summed E-state index contributed by atoms with van der Waals surface area (Å²) < 4.78 is 11.2. The van der Waals surface area contributed by atoms with E-state index in [4.69, 9.17) is 9.47 Å². The van der Waals surface area contributed by atoms with Crippen LogP contribution < -0.4 is 9.47 Å². The van der Waals surface area contributed by atoms with Gasteiger partial charge in [-0.3, -0.25) is 4.90 Å². The molecule has 1 aliphatic heterocycles. The molecule has 0 unspecified atom stereocenters. The van der Waals surface area contributed by atoms with Crippen molar-refractivity contribution in [2.45, 2.75) is 25.4 Å². The van der Waals surface area contributed by atoms with E-state index in [1.54, 1.807) is 14.2 Å². The van der Waals surface area contributed by atoms with E-state index >= 15 is 0 Å². The smallest absolute Gasteiger partial charge is 0.127 e. The predicted molar refractivity (Wildman–Crippen MR) is 88.4 cm³/mol. The summed E-state index contributed by atoms with van der Waals surface area (Å²) in [6, 6.07) is 17.0. The second-order valence-corrected chi connectivity index (χ2v) is 5.69. The molecule has 1 fully saturated rings. The molecular formula is C19H23NO2. The van der Waals surface area contributed by atoms with Gasteiger partial charge in [0, 0.05) is 12.6 Å². The van der Waals surface area contributed by atoms with Gasteiger partial charge in [-0.05, 0) is 37.1 Å². The van der Waals surface area contributed by atoms with Gasteiger partial charge in [0.15, 0.2) is 0 Å². The summed E-state index contributed by atoms with van der Waals surface area (Å²) in [5.74, 6) is 1.84. The number of likely N-dealkylation sites (tertiary alicyclic amines) is 1. The SMILES string of the molecule is COc1cccc(OC)c1[C@@H]1CCCN1Cc1ccccc1. The summed E-state index contributed by atoms with van der Waals surface area (Å²) in [5.41, 5.74) is 2.53. The van der Waals surface area contributed by atoms with Crippen molar-refractivity contribution in [3.05, 3.63) is 59.7 Å². The molecule has 3 heteroatoms. The Morgan fingerprint density at radius 1 is 0.955 bits per heavy atom.